The molecule has 0 unspecified atom stereocenters. The Bertz CT molecular complexity index is 1230. The van der Waals surface area contributed by atoms with Gasteiger partial charge in [-0.2, -0.15) is 8.61 Å². The Balaban J connectivity index is 1.42. The van der Waals surface area contributed by atoms with Gasteiger partial charge in [0.1, 0.15) is 0 Å². The fourth-order valence-corrected chi connectivity index (χ4v) is 9.85. The largest absolute Gasteiger partial charge is 0.243 e. The minimum Gasteiger partial charge on any atom is -0.207 e. The Morgan fingerprint density at radius 3 is 1.29 bits per heavy atom. The second kappa shape index (κ2) is 8.98. The molecule has 3 aliphatic rings. The lowest BCUT2D eigenvalue weighted by atomic mass is 9.94. The lowest BCUT2D eigenvalue weighted by molar-refractivity contribution is 0.222. The molecule has 8 heteroatoms. The topological polar surface area (TPSA) is 74.8 Å². The number of nitrogens with zero attached hydrogens (tertiary/aromatic N) is 2. The van der Waals surface area contributed by atoms with Crippen molar-refractivity contribution < 1.29 is 16.8 Å². The fourth-order valence-electron chi connectivity index (χ4n) is 6.39. The van der Waals surface area contributed by atoms with Crippen LogP contribution in [-0.4, -0.2) is 51.6 Å². The minimum absolute atomic E-state index is 0.328. The first kappa shape index (κ1) is 24.9. The third-order valence-corrected chi connectivity index (χ3v) is 11.4. The molecule has 0 bridgehead atoms. The molecule has 2 saturated heterocycles. The molecule has 0 amide bonds. The molecule has 5 rings (SSSR count). The summed E-state index contributed by atoms with van der Waals surface area (Å²) in [6.07, 6.45) is 2.63. The molecule has 0 spiro atoms. The van der Waals surface area contributed by atoms with Crippen LogP contribution in [0.2, 0.25) is 0 Å². The van der Waals surface area contributed by atoms with E-state index in [1.165, 1.54) is 0 Å². The van der Waals surface area contributed by atoms with Crippen LogP contribution in [0.3, 0.4) is 0 Å². The first-order valence-corrected chi connectivity index (χ1v) is 15.6. The van der Waals surface area contributed by atoms with E-state index in [0.29, 0.717) is 66.1 Å². The van der Waals surface area contributed by atoms with Crippen LogP contribution >= 0.6 is 0 Å². The maximum atomic E-state index is 13.4. The van der Waals surface area contributed by atoms with Gasteiger partial charge in [0.25, 0.3) is 0 Å². The number of hydrogen-bond acceptors (Lipinski definition) is 4. The fraction of sp³-hybridized carbons (Fsp3) is 0.556. The maximum Gasteiger partial charge on any atom is 0.243 e. The number of benzene rings is 2. The third-order valence-electron chi connectivity index (χ3n) is 7.77. The monoisotopic (exact) mass is 516 g/mol. The van der Waals surface area contributed by atoms with Gasteiger partial charge in [-0.1, -0.05) is 39.8 Å². The zero-order valence-electron chi connectivity index (χ0n) is 21.1. The molecular weight excluding hydrogens is 480 g/mol. The Morgan fingerprint density at radius 1 is 0.600 bits per heavy atom. The van der Waals surface area contributed by atoms with E-state index in [2.05, 4.69) is 27.7 Å². The quantitative estimate of drug-likeness (QED) is 0.508. The van der Waals surface area contributed by atoms with E-state index in [-0.39, 0.29) is 0 Å². The Kier molecular flexibility index (Phi) is 6.39. The average molecular weight is 517 g/mol. The number of sulfonamides is 2. The van der Waals surface area contributed by atoms with Crippen LogP contribution in [0.4, 0.5) is 0 Å². The molecule has 2 fully saturated rings. The van der Waals surface area contributed by atoms with Gasteiger partial charge in [-0.25, -0.2) is 16.8 Å². The molecule has 6 nitrogen and oxygen atoms in total. The van der Waals surface area contributed by atoms with Gasteiger partial charge in [0, 0.05) is 26.2 Å². The summed E-state index contributed by atoms with van der Waals surface area (Å²) in [5.41, 5.74) is 3.86. The molecule has 0 N–H and O–H groups in total. The highest BCUT2D eigenvalue weighted by molar-refractivity contribution is 7.89. The molecule has 1 aliphatic carbocycles. The van der Waals surface area contributed by atoms with Gasteiger partial charge in [0.05, 0.1) is 9.79 Å². The molecule has 2 aromatic carbocycles. The van der Waals surface area contributed by atoms with Crippen LogP contribution < -0.4 is 0 Å². The summed E-state index contributed by atoms with van der Waals surface area (Å²) in [5.74, 6) is 1.38. The van der Waals surface area contributed by atoms with Gasteiger partial charge in [-0.05, 0) is 89.5 Å². The molecule has 4 atom stereocenters. The molecule has 0 radical (unpaired) electrons. The van der Waals surface area contributed by atoms with Crippen LogP contribution in [0.5, 0.6) is 0 Å². The van der Waals surface area contributed by atoms with Gasteiger partial charge in [-0.15, -0.1) is 0 Å². The van der Waals surface area contributed by atoms with Crippen molar-refractivity contribution in [2.24, 2.45) is 23.7 Å². The highest BCUT2D eigenvalue weighted by Crippen LogP contribution is 2.40. The first-order chi connectivity index (χ1) is 16.4. The van der Waals surface area contributed by atoms with Crippen LogP contribution in [0.1, 0.15) is 51.7 Å². The molecule has 2 aromatic rings. The molecule has 2 aliphatic heterocycles. The smallest absolute Gasteiger partial charge is 0.207 e. The second-order valence-corrected chi connectivity index (χ2v) is 15.2. The zero-order chi connectivity index (χ0) is 25.1. The van der Waals surface area contributed by atoms with Gasteiger partial charge in [-0.3, -0.25) is 0 Å². The van der Waals surface area contributed by atoms with Gasteiger partial charge in [0.2, 0.25) is 20.0 Å². The van der Waals surface area contributed by atoms with Gasteiger partial charge in [0.15, 0.2) is 0 Å². The number of rotatable bonds is 4. The third kappa shape index (κ3) is 4.59. The van der Waals surface area contributed by atoms with Crippen molar-refractivity contribution in [1.29, 1.82) is 0 Å². The summed E-state index contributed by atoms with van der Waals surface area (Å²) in [6.45, 7) is 10.6. The highest BCUT2D eigenvalue weighted by atomic mass is 32.2. The van der Waals surface area contributed by atoms with Crippen LogP contribution in [-0.2, 0) is 26.5 Å². The predicted octanol–water partition coefficient (Wildman–Crippen LogP) is 4.59. The van der Waals surface area contributed by atoms with E-state index in [9.17, 15) is 16.8 Å². The minimum atomic E-state index is -3.56. The summed E-state index contributed by atoms with van der Waals surface area (Å²) < 4.78 is 56.9. The lowest BCUT2D eigenvalue weighted by Gasteiger charge is -2.34. The average Bonchev–Trinajstić information content (AvgIpc) is 3.15. The normalized spacial score (nSPS) is 28.0. The van der Waals surface area contributed by atoms with E-state index in [1.807, 2.05) is 12.1 Å². The first-order valence-electron chi connectivity index (χ1n) is 12.7. The lowest BCUT2D eigenvalue weighted by Crippen LogP contribution is -2.42. The summed E-state index contributed by atoms with van der Waals surface area (Å²) in [5, 5.41) is 0. The van der Waals surface area contributed by atoms with Gasteiger partial charge >= 0.3 is 0 Å². The molecule has 35 heavy (non-hydrogen) atoms. The molecule has 2 heterocycles. The molecule has 0 saturated carbocycles. The second-order valence-electron chi connectivity index (χ2n) is 11.4. The van der Waals surface area contributed by atoms with E-state index in [1.54, 1.807) is 32.9 Å². The zero-order valence-corrected chi connectivity index (χ0v) is 22.7. The van der Waals surface area contributed by atoms with Crippen molar-refractivity contribution in [3.05, 3.63) is 47.5 Å². The molecular formula is C27H36N2O4S2. The summed E-state index contributed by atoms with van der Waals surface area (Å²) in [6, 6.07) is 10.7. The van der Waals surface area contributed by atoms with E-state index in [0.717, 1.165) is 35.1 Å². The summed E-state index contributed by atoms with van der Waals surface area (Å²) >= 11 is 0. The van der Waals surface area contributed by atoms with Crippen LogP contribution in [0.25, 0.3) is 11.1 Å². The summed E-state index contributed by atoms with van der Waals surface area (Å²) in [7, 11) is -7.12. The number of fused-ring (bicyclic) bond motifs is 3. The molecule has 190 valence electrons. The van der Waals surface area contributed by atoms with Crippen molar-refractivity contribution in [1.82, 2.24) is 8.61 Å². The number of hydrogen-bond donors (Lipinski definition) is 0. The van der Waals surface area contributed by atoms with E-state index in [4.69, 9.17) is 0 Å². The van der Waals surface area contributed by atoms with Gasteiger partial charge < -0.3 is 0 Å². The van der Waals surface area contributed by atoms with Crippen LogP contribution in [0.15, 0.2) is 46.2 Å². The predicted molar refractivity (Wildman–Crippen MR) is 138 cm³/mol. The SMILES string of the molecule is C[C@@H]1C[C@@H](C)CN(S(=O)(=O)c2ccc3c(c2)Cc2cc(S(=O)(=O)N4C[C@H](C)C[C@@H](C)C4)ccc2-3)C1. The Labute approximate surface area is 210 Å². The van der Waals surface area contributed by atoms with Crippen molar-refractivity contribution in [3.63, 3.8) is 0 Å². The Morgan fingerprint density at radius 2 is 0.943 bits per heavy atom. The highest BCUT2D eigenvalue weighted by Gasteiger charge is 2.34. The van der Waals surface area contributed by atoms with E-state index >= 15 is 0 Å². The van der Waals surface area contributed by atoms with Crippen molar-refractivity contribution >= 4 is 20.0 Å². The Hall–Kier alpha value is -1.74. The maximum absolute atomic E-state index is 13.4. The van der Waals surface area contributed by atoms with Crippen LogP contribution in [0, 0.1) is 23.7 Å². The molecule has 0 aromatic heterocycles. The van der Waals surface area contributed by atoms with Crippen molar-refractivity contribution in [3.8, 4) is 11.1 Å². The standard InChI is InChI=1S/C27H36N2O4S2/c1-18-9-19(2)15-28(14-18)34(30,31)24-5-7-26-22(12-24)11-23-13-25(6-8-27(23)26)35(32,33)29-16-20(3)10-21(4)17-29/h5-8,12-13,18-21H,9-11,14-17H2,1-4H3/t18-,19-,20-,21-/m1/s1. The van der Waals surface area contributed by atoms with Crippen molar-refractivity contribution in [2.45, 2.75) is 56.7 Å². The van der Waals surface area contributed by atoms with Crippen molar-refractivity contribution in [2.75, 3.05) is 26.2 Å². The van der Waals surface area contributed by atoms with E-state index < -0.39 is 20.0 Å². The number of piperidine rings is 2. The summed E-state index contributed by atoms with van der Waals surface area (Å²) in [4.78, 5) is 0.656.